The number of benzene rings is 1. The van der Waals surface area contributed by atoms with Gasteiger partial charge in [-0.15, -0.1) is 0 Å². The first-order valence-corrected chi connectivity index (χ1v) is 13.2. The summed E-state index contributed by atoms with van der Waals surface area (Å²) in [5, 5.41) is 13.8. The van der Waals surface area contributed by atoms with E-state index in [2.05, 4.69) is 18.8 Å². The molecule has 3 rings (SSSR count). The van der Waals surface area contributed by atoms with E-state index < -0.39 is 11.1 Å². The van der Waals surface area contributed by atoms with E-state index in [1.165, 1.54) is 0 Å². The predicted octanol–water partition coefficient (Wildman–Crippen LogP) is 3.84. The quantitative estimate of drug-likeness (QED) is 0.231. The van der Waals surface area contributed by atoms with Crippen LogP contribution in [0.25, 0.3) is 0 Å². The Bertz CT molecular complexity index is 1080. The molecule has 0 bridgehead atoms. The summed E-state index contributed by atoms with van der Waals surface area (Å²) in [7, 11) is 11.0. The van der Waals surface area contributed by atoms with Gasteiger partial charge in [-0.05, 0) is 73.0 Å². The SMILES string of the molecule is [B]C([B])(O)Oc1cc(CC/C=C(/N=Cc2ccsc2)C(=O)N2CCOCC2(C)C)ccc1CC(C)C. The Morgan fingerprint density at radius 1 is 1.36 bits per heavy atom. The molecule has 6 nitrogen and oxygen atoms in total. The van der Waals surface area contributed by atoms with Crippen LogP contribution in [-0.2, 0) is 22.4 Å². The summed E-state index contributed by atoms with van der Waals surface area (Å²) in [6.07, 6.45) is 5.59. The van der Waals surface area contributed by atoms with Crippen LogP contribution < -0.4 is 4.74 Å². The molecule has 1 amide bonds. The van der Waals surface area contributed by atoms with Crippen LogP contribution in [0.2, 0.25) is 0 Å². The lowest BCUT2D eigenvalue weighted by Gasteiger charge is -2.42. The number of carbonyl (C=O) groups excluding carboxylic acids is 1. The fourth-order valence-electron chi connectivity index (χ4n) is 4.07. The second-order valence-electron chi connectivity index (χ2n) is 10.2. The number of morpholine rings is 1. The molecule has 9 heteroatoms. The highest BCUT2D eigenvalue weighted by molar-refractivity contribution is 7.08. The number of thiophene rings is 1. The monoisotopic (exact) mass is 504 g/mol. The van der Waals surface area contributed by atoms with E-state index >= 15 is 0 Å². The van der Waals surface area contributed by atoms with Crippen LogP contribution in [0.1, 0.15) is 50.8 Å². The predicted molar refractivity (Wildman–Crippen MR) is 147 cm³/mol. The third-order valence-corrected chi connectivity index (χ3v) is 6.51. The number of ether oxygens (including phenoxy) is 2. The van der Waals surface area contributed by atoms with Gasteiger partial charge in [0.1, 0.15) is 17.0 Å². The maximum absolute atomic E-state index is 13.5. The normalized spacial score (nSPS) is 16.6. The number of nitrogens with zero attached hydrogens (tertiary/aromatic N) is 2. The first kappa shape index (κ1) is 28.2. The molecule has 0 spiro atoms. The molecule has 1 saturated heterocycles. The fraction of sp³-hybridized carbons (Fsp3) is 0.481. The molecule has 1 aliphatic rings. The van der Waals surface area contributed by atoms with Crippen LogP contribution in [0.5, 0.6) is 5.75 Å². The molecule has 1 aromatic heterocycles. The largest absolute Gasteiger partial charge is 0.481 e. The van der Waals surface area contributed by atoms with Gasteiger partial charge in [0, 0.05) is 18.3 Å². The number of amides is 1. The van der Waals surface area contributed by atoms with Gasteiger partial charge in [-0.25, -0.2) is 0 Å². The molecule has 0 atom stereocenters. The van der Waals surface area contributed by atoms with Crippen molar-refractivity contribution in [1.82, 2.24) is 4.90 Å². The standard InChI is InChI=1S/C27H34B2N2O4S/c1-19(2)14-22-9-8-20(15-24(22)35-27(28,29)33)6-5-7-23(30-16-21-10-13-36-17-21)25(32)31-11-12-34-18-26(31,3)4/h7-10,13,15-17,19,33H,5-6,11-12,14,18H2,1-4H3/b23-7+,30-16?. The number of aliphatic imine (C=N–C) groups is 1. The molecule has 1 aliphatic heterocycles. The maximum Gasteiger partial charge on any atom is 0.272 e. The second kappa shape index (κ2) is 12.3. The van der Waals surface area contributed by atoms with Crippen molar-refractivity contribution in [1.29, 1.82) is 0 Å². The highest BCUT2D eigenvalue weighted by Crippen LogP contribution is 2.27. The second-order valence-corrected chi connectivity index (χ2v) is 10.9. The molecule has 2 aromatic rings. The molecule has 1 N–H and O–H groups in total. The Balaban J connectivity index is 1.81. The van der Waals surface area contributed by atoms with Crippen LogP contribution in [-0.4, -0.2) is 68.7 Å². The van der Waals surface area contributed by atoms with Crippen LogP contribution in [0.3, 0.4) is 0 Å². The lowest BCUT2D eigenvalue weighted by Crippen LogP contribution is -2.55. The molecular weight excluding hydrogens is 470 g/mol. The van der Waals surface area contributed by atoms with Gasteiger partial charge >= 0.3 is 0 Å². The Morgan fingerprint density at radius 2 is 2.14 bits per heavy atom. The molecule has 0 unspecified atom stereocenters. The van der Waals surface area contributed by atoms with E-state index in [0.717, 1.165) is 23.1 Å². The number of hydrogen-bond acceptors (Lipinski definition) is 6. The summed E-state index contributed by atoms with van der Waals surface area (Å²) in [4.78, 5) is 19.9. The van der Waals surface area contributed by atoms with Crippen molar-refractivity contribution in [3.05, 3.63) is 63.5 Å². The lowest BCUT2D eigenvalue weighted by molar-refractivity contribution is -0.142. The molecule has 4 radical (unpaired) electrons. The lowest BCUT2D eigenvalue weighted by atomic mass is 9.76. The van der Waals surface area contributed by atoms with E-state index in [9.17, 15) is 9.90 Å². The van der Waals surface area contributed by atoms with E-state index in [4.69, 9.17) is 25.2 Å². The molecular formula is C27H34B2N2O4S. The summed E-state index contributed by atoms with van der Waals surface area (Å²) in [5.74, 6) is 0.741. The van der Waals surface area contributed by atoms with E-state index in [1.807, 2.05) is 59.8 Å². The van der Waals surface area contributed by atoms with Gasteiger partial charge in [0.05, 0.1) is 18.8 Å². The van der Waals surface area contributed by atoms with Gasteiger partial charge in [0.15, 0.2) is 15.7 Å². The summed E-state index contributed by atoms with van der Waals surface area (Å²) in [6, 6.07) is 7.80. The van der Waals surface area contributed by atoms with Crippen LogP contribution in [0, 0.1) is 5.92 Å². The molecule has 2 heterocycles. The number of aliphatic hydroxyl groups is 1. The summed E-state index contributed by atoms with van der Waals surface area (Å²) >= 11 is 1.58. The van der Waals surface area contributed by atoms with Crippen molar-refractivity contribution in [3.63, 3.8) is 0 Å². The fourth-order valence-corrected chi connectivity index (χ4v) is 4.68. The van der Waals surface area contributed by atoms with Gasteiger partial charge < -0.3 is 19.5 Å². The number of hydrogen-bond donors (Lipinski definition) is 1. The molecule has 0 aliphatic carbocycles. The van der Waals surface area contributed by atoms with Crippen molar-refractivity contribution in [2.24, 2.45) is 10.9 Å². The molecule has 0 saturated carbocycles. The molecule has 1 aromatic carbocycles. The number of aryl methyl sites for hydroxylation is 1. The van der Waals surface area contributed by atoms with Crippen molar-refractivity contribution < 1.29 is 19.4 Å². The number of allylic oxidation sites excluding steroid dienone is 1. The summed E-state index contributed by atoms with van der Waals surface area (Å²) < 4.78 is 11.0. The zero-order valence-corrected chi connectivity index (χ0v) is 22.4. The first-order chi connectivity index (χ1) is 16.9. The van der Waals surface area contributed by atoms with Crippen LogP contribution in [0.4, 0.5) is 0 Å². The Hall–Kier alpha value is -2.35. The molecule has 188 valence electrons. The average Bonchev–Trinajstić information content (AvgIpc) is 3.29. The Morgan fingerprint density at radius 3 is 2.78 bits per heavy atom. The Labute approximate surface area is 221 Å². The topological polar surface area (TPSA) is 71.4 Å². The molecule has 1 fully saturated rings. The van der Waals surface area contributed by atoms with Gasteiger partial charge in [-0.3, -0.25) is 9.79 Å². The minimum Gasteiger partial charge on any atom is -0.481 e. The third kappa shape index (κ3) is 8.36. The van der Waals surface area contributed by atoms with Gasteiger partial charge in [-0.2, -0.15) is 11.3 Å². The zero-order valence-electron chi connectivity index (χ0n) is 21.6. The van der Waals surface area contributed by atoms with Crippen molar-refractivity contribution in [2.75, 3.05) is 19.8 Å². The van der Waals surface area contributed by atoms with Gasteiger partial charge in [-0.1, -0.05) is 32.1 Å². The highest BCUT2D eigenvalue weighted by atomic mass is 32.1. The first-order valence-electron chi connectivity index (χ1n) is 12.2. The third-order valence-electron chi connectivity index (χ3n) is 5.81. The van der Waals surface area contributed by atoms with Crippen molar-refractivity contribution in [2.45, 2.75) is 58.1 Å². The van der Waals surface area contributed by atoms with Crippen molar-refractivity contribution >= 4 is 39.2 Å². The summed E-state index contributed by atoms with van der Waals surface area (Å²) in [5.41, 5.74) is 0.584. The maximum atomic E-state index is 13.5. The molecule has 36 heavy (non-hydrogen) atoms. The zero-order chi connectivity index (χ0) is 26.3. The highest BCUT2D eigenvalue weighted by Gasteiger charge is 2.35. The van der Waals surface area contributed by atoms with Crippen LogP contribution >= 0.6 is 11.3 Å². The average molecular weight is 504 g/mol. The minimum atomic E-state index is -2.26. The van der Waals surface area contributed by atoms with Crippen molar-refractivity contribution in [3.8, 4) is 5.75 Å². The van der Waals surface area contributed by atoms with E-state index in [1.54, 1.807) is 17.6 Å². The van der Waals surface area contributed by atoms with Gasteiger partial charge in [0.25, 0.3) is 5.91 Å². The minimum absolute atomic E-state index is 0.109. The Kier molecular flexibility index (Phi) is 9.61. The van der Waals surface area contributed by atoms with E-state index in [-0.39, 0.29) is 5.91 Å². The smallest absolute Gasteiger partial charge is 0.272 e. The number of rotatable bonds is 10. The van der Waals surface area contributed by atoms with Gasteiger partial charge in [0.2, 0.25) is 0 Å². The summed E-state index contributed by atoms with van der Waals surface area (Å²) in [6.45, 7) is 9.73. The van der Waals surface area contributed by atoms with E-state index in [0.29, 0.717) is 50.0 Å². The number of carbonyl (C=O) groups is 1. The van der Waals surface area contributed by atoms with Crippen LogP contribution in [0.15, 0.2) is 51.8 Å².